The fraction of sp³-hybridized carbons (Fsp3) is 0.231. The third kappa shape index (κ3) is 2.93. The van der Waals surface area contributed by atoms with Crippen LogP contribution in [0.5, 0.6) is 11.5 Å². The van der Waals surface area contributed by atoms with Crippen LogP contribution in [0.4, 0.5) is 5.95 Å². The fourth-order valence-electron chi connectivity index (χ4n) is 1.74. The predicted octanol–water partition coefficient (Wildman–Crippen LogP) is 1.97. The Morgan fingerprint density at radius 1 is 1.09 bits per heavy atom. The Bertz CT molecular complexity index is 768. The molecule has 0 atom stereocenters. The van der Waals surface area contributed by atoms with E-state index in [0.717, 1.165) is 4.31 Å². The van der Waals surface area contributed by atoms with E-state index in [0.29, 0.717) is 5.75 Å². The molecule has 0 N–H and O–H groups in total. The molecule has 118 valence electrons. The van der Waals surface area contributed by atoms with E-state index in [9.17, 15) is 8.42 Å². The monoisotopic (exact) mass is 343 g/mol. The lowest BCUT2D eigenvalue weighted by atomic mass is 10.3. The zero-order valence-corrected chi connectivity index (χ0v) is 13.7. The number of methoxy groups -OCH3 is 2. The van der Waals surface area contributed by atoms with Gasteiger partial charge in [0.2, 0.25) is 5.95 Å². The topological polar surface area (TPSA) is 81.6 Å². The molecule has 0 saturated heterocycles. The quantitative estimate of drug-likeness (QED) is 0.825. The lowest BCUT2D eigenvalue weighted by molar-refractivity contribution is 0.354. The highest BCUT2D eigenvalue weighted by Gasteiger charge is 2.27. The zero-order valence-electron chi connectivity index (χ0n) is 12.1. The van der Waals surface area contributed by atoms with Crippen molar-refractivity contribution >= 4 is 27.6 Å². The number of rotatable bonds is 5. The van der Waals surface area contributed by atoms with Gasteiger partial charge in [-0.25, -0.2) is 22.7 Å². The normalized spacial score (nSPS) is 11.1. The zero-order chi connectivity index (χ0) is 16.3. The Labute approximate surface area is 133 Å². The third-order valence-electron chi connectivity index (χ3n) is 2.91. The van der Waals surface area contributed by atoms with Gasteiger partial charge in [0.05, 0.1) is 19.2 Å². The van der Waals surface area contributed by atoms with Crippen molar-refractivity contribution in [1.29, 1.82) is 0 Å². The second kappa shape index (κ2) is 6.37. The van der Waals surface area contributed by atoms with Crippen molar-refractivity contribution in [2.45, 2.75) is 4.90 Å². The summed E-state index contributed by atoms with van der Waals surface area (Å²) in [7, 11) is 0.251. The molecule has 9 heteroatoms. The molecule has 0 radical (unpaired) electrons. The van der Waals surface area contributed by atoms with Gasteiger partial charge >= 0.3 is 0 Å². The smallest absolute Gasteiger partial charge is 0.268 e. The molecule has 0 aliphatic heterocycles. The SMILES string of the molecule is COc1cc(Cl)c(S(=O)(=O)N(C)c2ncccn2)cc1OC. The van der Waals surface area contributed by atoms with Gasteiger partial charge in [0, 0.05) is 31.6 Å². The number of hydrogen-bond donors (Lipinski definition) is 0. The van der Waals surface area contributed by atoms with Crippen LogP contribution in [0.25, 0.3) is 0 Å². The molecule has 0 saturated carbocycles. The van der Waals surface area contributed by atoms with E-state index < -0.39 is 10.0 Å². The maximum atomic E-state index is 12.7. The molecule has 0 spiro atoms. The van der Waals surface area contributed by atoms with Gasteiger partial charge in [0.25, 0.3) is 10.0 Å². The highest BCUT2D eigenvalue weighted by molar-refractivity contribution is 7.92. The van der Waals surface area contributed by atoms with Crippen molar-refractivity contribution in [3.63, 3.8) is 0 Å². The summed E-state index contributed by atoms with van der Waals surface area (Å²) in [6.45, 7) is 0. The van der Waals surface area contributed by atoms with Crippen LogP contribution in [-0.2, 0) is 10.0 Å². The first-order chi connectivity index (χ1) is 10.4. The van der Waals surface area contributed by atoms with Gasteiger partial charge in [-0.05, 0) is 6.07 Å². The molecular formula is C13H14ClN3O4S. The van der Waals surface area contributed by atoms with Gasteiger partial charge in [-0.15, -0.1) is 0 Å². The largest absolute Gasteiger partial charge is 0.493 e. The Kier molecular flexibility index (Phi) is 4.72. The molecule has 2 aromatic rings. The predicted molar refractivity (Wildman–Crippen MR) is 82.2 cm³/mol. The average molecular weight is 344 g/mol. The Balaban J connectivity index is 2.54. The van der Waals surface area contributed by atoms with Crippen LogP contribution in [0, 0.1) is 0 Å². The van der Waals surface area contributed by atoms with Crippen molar-refractivity contribution in [3.8, 4) is 11.5 Å². The first-order valence-electron chi connectivity index (χ1n) is 6.09. The van der Waals surface area contributed by atoms with Crippen molar-refractivity contribution < 1.29 is 17.9 Å². The lowest BCUT2D eigenvalue weighted by Gasteiger charge is -2.19. The number of anilines is 1. The van der Waals surface area contributed by atoms with Gasteiger partial charge in [-0.1, -0.05) is 11.6 Å². The summed E-state index contributed by atoms with van der Waals surface area (Å²) in [6.07, 6.45) is 2.90. The number of ether oxygens (including phenoxy) is 2. The van der Waals surface area contributed by atoms with Crippen molar-refractivity contribution in [3.05, 3.63) is 35.6 Å². The summed E-state index contributed by atoms with van der Waals surface area (Å²) in [5.74, 6) is 0.631. The first kappa shape index (κ1) is 16.3. The molecule has 0 bridgehead atoms. The minimum atomic E-state index is -3.94. The van der Waals surface area contributed by atoms with E-state index in [1.165, 1.54) is 45.8 Å². The Morgan fingerprint density at radius 2 is 1.64 bits per heavy atom. The third-order valence-corrected chi connectivity index (χ3v) is 5.11. The molecule has 0 aliphatic rings. The molecule has 1 aromatic carbocycles. The number of nitrogens with zero attached hydrogens (tertiary/aromatic N) is 3. The number of hydrogen-bond acceptors (Lipinski definition) is 6. The number of sulfonamides is 1. The summed E-state index contributed by atoms with van der Waals surface area (Å²) in [5, 5.41) is 0.0143. The fourth-order valence-corrected chi connectivity index (χ4v) is 3.35. The van der Waals surface area contributed by atoms with E-state index in [2.05, 4.69) is 9.97 Å². The summed E-state index contributed by atoms with van der Waals surface area (Å²) < 4.78 is 36.5. The highest BCUT2D eigenvalue weighted by Crippen LogP contribution is 2.36. The average Bonchev–Trinajstić information content (AvgIpc) is 2.54. The maximum Gasteiger partial charge on any atom is 0.268 e. The van der Waals surface area contributed by atoms with Crippen molar-refractivity contribution in [2.24, 2.45) is 0 Å². The van der Waals surface area contributed by atoms with Gasteiger partial charge < -0.3 is 9.47 Å². The standard InChI is InChI=1S/C13H14ClN3O4S/c1-17(13-15-5-4-6-16-13)22(18,19)12-8-11(21-3)10(20-2)7-9(12)14/h4-8H,1-3H3. The van der Waals surface area contributed by atoms with Crippen LogP contribution in [0.1, 0.15) is 0 Å². The second-order valence-electron chi connectivity index (χ2n) is 4.16. The summed E-state index contributed by atoms with van der Waals surface area (Å²) in [5.41, 5.74) is 0. The van der Waals surface area contributed by atoms with E-state index in [1.807, 2.05) is 0 Å². The number of halogens is 1. The molecule has 0 amide bonds. The van der Waals surface area contributed by atoms with E-state index in [1.54, 1.807) is 6.07 Å². The molecule has 2 rings (SSSR count). The molecule has 0 fully saturated rings. The van der Waals surface area contributed by atoms with Crippen LogP contribution < -0.4 is 13.8 Å². The van der Waals surface area contributed by atoms with Crippen LogP contribution in [0.15, 0.2) is 35.5 Å². The molecular weight excluding hydrogens is 330 g/mol. The van der Waals surface area contributed by atoms with Gasteiger partial charge in [-0.3, -0.25) is 0 Å². The lowest BCUT2D eigenvalue weighted by Crippen LogP contribution is -2.28. The van der Waals surface area contributed by atoms with Crippen molar-refractivity contribution in [1.82, 2.24) is 9.97 Å². The van der Waals surface area contributed by atoms with Crippen LogP contribution in [-0.4, -0.2) is 39.7 Å². The van der Waals surface area contributed by atoms with Gasteiger partial charge in [0.15, 0.2) is 11.5 Å². The molecule has 0 unspecified atom stereocenters. The summed E-state index contributed by atoms with van der Waals surface area (Å²) in [6, 6.07) is 4.27. The van der Waals surface area contributed by atoms with E-state index >= 15 is 0 Å². The Morgan fingerprint density at radius 3 is 2.18 bits per heavy atom. The molecule has 22 heavy (non-hydrogen) atoms. The van der Waals surface area contributed by atoms with E-state index in [-0.39, 0.29) is 21.6 Å². The molecule has 1 heterocycles. The molecule has 1 aromatic heterocycles. The summed E-state index contributed by atoms with van der Waals surface area (Å²) in [4.78, 5) is 7.70. The minimum absolute atomic E-state index is 0.0143. The number of benzene rings is 1. The van der Waals surface area contributed by atoms with E-state index in [4.69, 9.17) is 21.1 Å². The molecule has 7 nitrogen and oxygen atoms in total. The first-order valence-corrected chi connectivity index (χ1v) is 7.91. The van der Waals surface area contributed by atoms with Gasteiger partial charge in [0.1, 0.15) is 4.90 Å². The highest BCUT2D eigenvalue weighted by atomic mass is 35.5. The second-order valence-corrected chi connectivity index (χ2v) is 6.50. The Hall–Kier alpha value is -2.06. The minimum Gasteiger partial charge on any atom is -0.493 e. The van der Waals surface area contributed by atoms with Crippen LogP contribution in [0.2, 0.25) is 5.02 Å². The van der Waals surface area contributed by atoms with Crippen LogP contribution in [0.3, 0.4) is 0 Å². The van der Waals surface area contributed by atoms with Crippen LogP contribution >= 0.6 is 11.6 Å². The molecule has 0 aliphatic carbocycles. The van der Waals surface area contributed by atoms with Crippen molar-refractivity contribution in [2.75, 3.05) is 25.6 Å². The maximum absolute atomic E-state index is 12.7. The summed E-state index contributed by atoms with van der Waals surface area (Å²) >= 11 is 6.07. The van der Waals surface area contributed by atoms with Gasteiger partial charge in [-0.2, -0.15) is 0 Å². The number of aromatic nitrogens is 2.